The molecule has 0 radical (unpaired) electrons. The van der Waals surface area contributed by atoms with E-state index >= 15 is 0 Å². The predicted octanol–water partition coefficient (Wildman–Crippen LogP) is 1.89. The molecule has 22 heavy (non-hydrogen) atoms. The summed E-state index contributed by atoms with van der Waals surface area (Å²) in [5.41, 5.74) is 0.868. The van der Waals surface area contributed by atoms with Gasteiger partial charge in [0.1, 0.15) is 17.9 Å². The minimum atomic E-state index is -0.367. The molecule has 0 aromatic carbocycles. The van der Waals surface area contributed by atoms with Crippen LogP contribution in [0.4, 0.5) is 10.6 Å². The van der Waals surface area contributed by atoms with Gasteiger partial charge in [0.2, 0.25) is 0 Å². The smallest absolute Gasteiger partial charge is 0.320 e. The minimum absolute atomic E-state index is 0.323. The molecule has 0 bridgehead atoms. The maximum absolute atomic E-state index is 11.8. The van der Waals surface area contributed by atoms with Gasteiger partial charge in [-0.15, -0.1) is 0 Å². The van der Waals surface area contributed by atoms with E-state index in [0.29, 0.717) is 18.1 Å². The first-order valence-electron chi connectivity index (χ1n) is 6.63. The number of nitrogens with zero attached hydrogens (tertiary/aromatic N) is 4. The number of carbonyl (C=O) groups is 1. The number of amides is 2. The number of pyridine rings is 1. The van der Waals surface area contributed by atoms with Crippen molar-refractivity contribution in [3.05, 3.63) is 54.4 Å². The summed E-state index contributed by atoms with van der Waals surface area (Å²) in [4.78, 5) is 20.2. The van der Waals surface area contributed by atoms with Crippen molar-refractivity contribution in [3.63, 3.8) is 0 Å². The normalized spacial score (nSPS) is 10.4. The van der Waals surface area contributed by atoms with Crippen LogP contribution in [0.25, 0.3) is 5.82 Å². The summed E-state index contributed by atoms with van der Waals surface area (Å²) in [5.74, 6) is 1.72. The SMILES string of the molecule is Cc1cc(NC(=O)NCc2cccnc2-n2ccnc2)no1. The number of carbonyl (C=O) groups excluding carboxylic acids is 1. The van der Waals surface area contributed by atoms with E-state index < -0.39 is 0 Å². The standard InChI is InChI=1S/C14H14N6O2/c1-10-7-12(19-22-10)18-14(21)17-8-11-3-2-4-16-13(11)20-6-5-15-9-20/h2-7,9H,8H2,1H3,(H2,17,18,19,21). The molecule has 0 fully saturated rings. The van der Waals surface area contributed by atoms with Crippen molar-refractivity contribution < 1.29 is 9.32 Å². The van der Waals surface area contributed by atoms with Gasteiger partial charge in [-0.2, -0.15) is 0 Å². The number of rotatable bonds is 4. The van der Waals surface area contributed by atoms with Crippen LogP contribution in [0.3, 0.4) is 0 Å². The van der Waals surface area contributed by atoms with Gasteiger partial charge in [0, 0.05) is 36.8 Å². The molecule has 0 saturated heterocycles. The second kappa shape index (κ2) is 6.08. The molecule has 8 nitrogen and oxygen atoms in total. The zero-order valence-electron chi connectivity index (χ0n) is 11.9. The Labute approximate surface area is 126 Å². The third kappa shape index (κ3) is 3.11. The zero-order chi connectivity index (χ0) is 15.4. The Balaban J connectivity index is 1.65. The molecule has 3 aromatic rings. The summed E-state index contributed by atoms with van der Waals surface area (Å²) >= 11 is 0. The predicted molar refractivity (Wildman–Crippen MR) is 78.5 cm³/mol. The van der Waals surface area contributed by atoms with Crippen LogP contribution in [-0.2, 0) is 6.54 Å². The number of aromatic nitrogens is 4. The number of urea groups is 1. The first-order valence-corrected chi connectivity index (χ1v) is 6.63. The lowest BCUT2D eigenvalue weighted by atomic mass is 10.2. The molecule has 2 N–H and O–H groups in total. The average Bonchev–Trinajstić information content (AvgIpc) is 3.17. The third-order valence-electron chi connectivity index (χ3n) is 2.93. The Bertz CT molecular complexity index is 765. The Morgan fingerprint density at radius 1 is 1.41 bits per heavy atom. The van der Waals surface area contributed by atoms with Crippen LogP contribution < -0.4 is 10.6 Å². The summed E-state index contributed by atoms with van der Waals surface area (Å²) < 4.78 is 6.67. The van der Waals surface area contributed by atoms with Crippen LogP contribution in [0, 0.1) is 6.92 Å². The molecule has 3 heterocycles. The van der Waals surface area contributed by atoms with Gasteiger partial charge in [-0.3, -0.25) is 9.88 Å². The Morgan fingerprint density at radius 3 is 3.05 bits per heavy atom. The fourth-order valence-electron chi connectivity index (χ4n) is 1.95. The Kier molecular flexibility index (Phi) is 3.82. The molecule has 0 atom stereocenters. The molecule has 0 aliphatic heterocycles. The fourth-order valence-corrected chi connectivity index (χ4v) is 1.95. The first-order chi connectivity index (χ1) is 10.7. The van der Waals surface area contributed by atoms with Crippen LogP contribution >= 0.6 is 0 Å². The van der Waals surface area contributed by atoms with E-state index in [-0.39, 0.29) is 6.03 Å². The van der Waals surface area contributed by atoms with Crippen molar-refractivity contribution in [1.29, 1.82) is 0 Å². The van der Waals surface area contributed by atoms with Gasteiger partial charge in [-0.1, -0.05) is 11.2 Å². The largest absolute Gasteiger partial charge is 0.360 e. The number of nitrogens with one attached hydrogen (secondary N) is 2. The van der Waals surface area contributed by atoms with E-state index in [4.69, 9.17) is 4.52 Å². The first kappa shape index (κ1) is 13.8. The fraction of sp³-hybridized carbons (Fsp3) is 0.143. The zero-order valence-corrected chi connectivity index (χ0v) is 11.9. The van der Waals surface area contributed by atoms with Gasteiger partial charge < -0.3 is 9.84 Å². The lowest BCUT2D eigenvalue weighted by Crippen LogP contribution is -2.28. The van der Waals surface area contributed by atoms with E-state index in [9.17, 15) is 4.79 Å². The molecular weight excluding hydrogens is 284 g/mol. The molecule has 0 saturated carbocycles. The van der Waals surface area contributed by atoms with Crippen LogP contribution in [0.15, 0.2) is 47.6 Å². The molecule has 0 unspecified atom stereocenters. The summed E-state index contributed by atoms with van der Waals surface area (Å²) in [7, 11) is 0. The van der Waals surface area contributed by atoms with Crippen LogP contribution in [-0.4, -0.2) is 25.7 Å². The number of hydrogen-bond donors (Lipinski definition) is 2. The Hall–Kier alpha value is -3.16. The van der Waals surface area contributed by atoms with E-state index in [1.807, 2.05) is 12.1 Å². The van der Waals surface area contributed by atoms with Crippen LogP contribution in [0.1, 0.15) is 11.3 Å². The molecule has 8 heteroatoms. The summed E-state index contributed by atoms with van der Waals surface area (Å²) in [6.07, 6.45) is 6.82. The van der Waals surface area contributed by atoms with Crippen molar-refractivity contribution in [2.24, 2.45) is 0 Å². The van der Waals surface area contributed by atoms with Gasteiger partial charge in [0.25, 0.3) is 0 Å². The quantitative estimate of drug-likeness (QED) is 0.766. The Morgan fingerprint density at radius 2 is 2.32 bits per heavy atom. The highest BCUT2D eigenvalue weighted by molar-refractivity contribution is 5.88. The molecule has 0 aliphatic rings. The number of aryl methyl sites for hydroxylation is 1. The average molecular weight is 298 g/mol. The van der Waals surface area contributed by atoms with Crippen molar-refractivity contribution in [2.45, 2.75) is 13.5 Å². The topological polar surface area (TPSA) is 97.9 Å². The maximum atomic E-state index is 11.8. The van der Waals surface area contributed by atoms with Crippen molar-refractivity contribution >= 4 is 11.8 Å². The lowest BCUT2D eigenvalue weighted by molar-refractivity contribution is 0.251. The van der Waals surface area contributed by atoms with Gasteiger partial charge in [0.05, 0.1) is 0 Å². The number of imidazole rings is 1. The highest BCUT2D eigenvalue weighted by Crippen LogP contribution is 2.11. The summed E-state index contributed by atoms with van der Waals surface area (Å²) in [5, 5.41) is 9.04. The van der Waals surface area contributed by atoms with Gasteiger partial charge in [-0.05, 0) is 13.0 Å². The van der Waals surface area contributed by atoms with Crippen LogP contribution in [0.2, 0.25) is 0 Å². The highest BCUT2D eigenvalue weighted by Gasteiger charge is 2.09. The number of hydrogen-bond acceptors (Lipinski definition) is 5. The molecule has 0 spiro atoms. The molecular formula is C14H14N6O2. The van der Waals surface area contributed by atoms with E-state index in [1.54, 1.807) is 42.5 Å². The highest BCUT2D eigenvalue weighted by atomic mass is 16.5. The third-order valence-corrected chi connectivity index (χ3v) is 2.93. The van der Waals surface area contributed by atoms with E-state index in [0.717, 1.165) is 11.4 Å². The molecule has 112 valence electrons. The van der Waals surface area contributed by atoms with Crippen molar-refractivity contribution in [1.82, 2.24) is 25.0 Å². The maximum Gasteiger partial charge on any atom is 0.320 e. The monoisotopic (exact) mass is 298 g/mol. The summed E-state index contributed by atoms with van der Waals surface area (Å²) in [6.45, 7) is 2.08. The van der Waals surface area contributed by atoms with Crippen molar-refractivity contribution in [3.8, 4) is 5.82 Å². The molecule has 0 aliphatic carbocycles. The van der Waals surface area contributed by atoms with Gasteiger partial charge in [0.15, 0.2) is 5.82 Å². The van der Waals surface area contributed by atoms with Crippen LogP contribution in [0.5, 0.6) is 0 Å². The lowest BCUT2D eigenvalue weighted by Gasteiger charge is -2.10. The molecule has 3 aromatic heterocycles. The summed E-state index contributed by atoms with van der Waals surface area (Å²) in [6, 6.07) is 4.98. The molecule has 3 rings (SSSR count). The van der Waals surface area contributed by atoms with Crippen molar-refractivity contribution in [2.75, 3.05) is 5.32 Å². The van der Waals surface area contributed by atoms with E-state index in [2.05, 4.69) is 25.8 Å². The van der Waals surface area contributed by atoms with Gasteiger partial charge >= 0.3 is 6.03 Å². The second-order valence-corrected chi connectivity index (χ2v) is 4.59. The second-order valence-electron chi connectivity index (χ2n) is 4.59. The minimum Gasteiger partial charge on any atom is -0.360 e. The number of anilines is 1. The molecule has 2 amide bonds. The van der Waals surface area contributed by atoms with E-state index in [1.165, 1.54) is 0 Å². The van der Waals surface area contributed by atoms with Gasteiger partial charge in [-0.25, -0.2) is 14.8 Å².